The molecular weight excluding hydrogens is 344 g/mol. The van der Waals surface area contributed by atoms with Crippen LogP contribution in [0.1, 0.15) is 41.8 Å². The SMILES string of the molecule is CCc1ccc(CCC(=O)Nc2ccc(C(=O)NC(C)C(=O)O)cc2)cc1. The number of nitrogens with one attached hydrogen (secondary N) is 2. The van der Waals surface area contributed by atoms with Gasteiger partial charge >= 0.3 is 5.97 Å². The first-order valence-electron chi connectivity index (χ1n) is 8.90. The molecule has 0 aliphatic heterocycles. The average molecular weight is 368 g/mol. The lowest BCUT2D eigenvalue weighted by Gasteiger charge is -2.10. The van der Waals surface area contributed by atoms with Crippen LogP contribution in [0.15, 0.2) is 48.5 Å². The summed E-state index contributed by atoms with van der Waals surface area (Å²) in [5, 5.41) is 14.0. The molecule has 0 saturated heterocycles. The summed E-state index contributed by atoms with van der Waals surface area (Å²) >= 11 is 0. The van der Waals surface area contributed by atoms with E-state index in [1.807, 2.05) is 12.1 Å². The number of carboxylic acid groups (broad SMARTS) is 1. The van der Waals surface area contributed by atoms with Crippen molar-refractivity contribution in [3.8, 4) is 0 Å². The van der Waals surface area contributed by atoms with E-state index in [2.05, 4.69) is 29.7 Å². The monoisotopic (exact) mass is 368 g/mol. The number of rotatable bonds is 8. The van der Waals surface area contributed by atoms with Crippen molar-refractivity contribution in [2.45, 2.75) is 39.2 Å². The molecule has 6 heteroatoms. The third-order valence-corrected chi connectivity index (χ3v) is 4.22. The molecule has 0 aliphatic rings. The van der Waals surface area contributed by atoms with E-state index in [0.29, 0.717) is 24.1 Å². The number of aryl methyl sites for hydroxylation is 2. The molecule has 0 saturated carbocycles. The molecule has 1 atom stereocenters. The largest absolute Gasteiger partial charge is 0.480 e. The van der Waals surface area contributed by atoms with Crippen molar-refractivity contribution < 1.29 is 19.5 Å². The minimum Gasteiger partial charge on any atom is -0.480 e. The molecule has 0 radical (unpaired) electrons. The van der Waals surface area contributed by atoms with E-state index in [9.17, 15) is 14.4 Å². The van der Waals surface area contributed by atoms with Crippen molar-refractivity contribution in [1.82, 2.24) is 5.32 Å². The van der Waals surface area contributed by atoms with Gasteiger partial charge in [0.15, 0.2) is 0 Å². The van der Waals surface area contributed by atoms with Crippen molar-refractivity contribution in [2.24, 2.45) is 0 Å². The van der Waals surface area contributed by atoms with E-state index in [-0.39, 0.29) is 5.91 Å². The second-order valence-corrected chi connectivity index (χ2v) is 6.33. The third-order valence-electron chi connectivity index (χ3n) is 4.22. The summed E-state index contributed by atoms with van der Waals surface area (Å²) in [4.78, 5) is 34.8. The predicted molar refractivity (Wildman–Crippen MR) is 104 cm³/mol. The second kappa shape index (κ2) is 9.52. The zero-order valence-electron chi connectivity index (χ0n) is 15.5. The number of amides is 2. The smallest absolute Gasteiger partial charge is 0.325 e. The van der Waals surface area contributed by atoms with Crippen molar-refractivity contribution in [2.75, 3.05) is 5.32 Å². The number of anilines is 1. The highest BCUT2D eigenvalue weighted by molar-refractivity contribution is 5.97. The minimum atomic E-state index is -1.10. The highest BCUT2D eigenvalue weighted by atomic mass is 16.4. The maximum absolute atomic E-state index is 12.1. The second-order valence-electron chi connectivity index (χ2n) is 6.33. The van der Waals surface area contributed by atoms with Crippen LogP contribution in [0, 0.1) is 0 Å². The van der Waals surface area contributed by atoms with Gasteiger partial charge in [0.25, 0.3) is 5.91 Å². The minimum absolute atomic E-state index is 0.105. The van der Waals surface area contributed by atoms with E-state index in [4.69, 9.17) is 5.11 Å². The third kappa shape index (κ3) is 6.26. The number of hydrogen-bond donors (Lipinski definition) is 3. The fourth-order valence-electron chi connectivity index (χ4n) is 2.47. The Balaban J connectivity index is 1.85. The van der Waals surface area contributed by atoms with Gasteiger partial charge in [0.05, 0.1) is 0 Å². The highest BCUT2D eigenvalue weighted by Gasteiger charge is 2.15. The maximum Gasteiger partial charge on any atom is 0.325 e. The predicted octanol–water partition coefficient (Wildman–Crippen LogP) is 3.02. The van der Waals surface area contributed by atoms with Crippen LogP contribution in [-0.2, 0) is 22.4 Å². The first-order valence-corrected chi connectivity index (χ1v) is 8.90. The first kappa shape index (κ1) is 20.2. The van der Waals surface area contributed by atoms with Crippen LogP contribution in [0.25, 0.3) is 0 Å². The number of carboxylic acids is 1. The number of hydrogen-bond acceptors (Lipinski definition) is 3. The molecule has 0 aliphatic carbocycles. The van der Waals surface area contributed by atoms with E-state index in [1.54, 1.807) is 24.3 Å². The van der Waals surface area contributed by atoms with Crippen LogP contribution in [0.3, 0.4) is 0 Å². The van der Waals surface area contributed by atoms with Gasteiger partial charge in [-0.25, -0.2) is 0 Å². The molecule has 3 N–H and O–H groups in total. The van der Waals surface area contributed by atoms with Crippen LogP contribution in [0.2, 0.25) is 0 Å². The Kier molecular flexibility index (Phi) is 7.11. The molecule has 2 amide bonds. The molecular formula is C21H24N2O4. The summed E-state index contributed by atoms with van der Waals surface area (Å²) in [6, 6.07) is 13.6. The van der Waals surface area contributed by atoms with Gasteiger partial charge in [-0.15, -0.1) is 0 Å². The topological polar surface area (TPSA) is 95.5 Å². The molecule has 0 bridgehead atoms. The molecule has 0 spiro atoms. The molecule has 27 heavy (non-hydrogen) atoms. The maximum atomic E-state index is 12.1. The van der Waals surface area contributed by atoms with Crippen molar-refractivity contribution in [3.05, 3.63) is 65.2 Å². The zero-order valence-corrected chi connectivity index (χ0v) is 15.5. The number of carbonyl (C=O) groups excluding carboxylic acids is 2. The lowest BCUT2D eigenvalue weighted by molar-refractivity contribution is -0.138. The van der Waals surface area contributed by atoms with Crippen molar-refractivity contribution in [3.63, 3.8) is 0 Å². The summed E-state index contributed by atoms with van der Waals surface area (Å²) in [7, 11) is 0. The van der Waals surface area contributed by atoms with E-state index in [1.165, 1.54) is 12.5 Å². The quantitative estimate of drug-likeness (QED) is 0.667. The van der Waals surface area contributed by atoms with Gasteiger partial charge in [-0.3, -0.25) is 14.4 Å². The number of carbonyl (C=O) groups is 3. The number of benzene rings is 2. The van der Waals surface area contributed by atoms with E-state index >= 15 is 0 Å². The molecule has 142 valence electrons. The van der Waals surface area contributed by atoms with Crippen LogP contribution in [-0.4, -0.2) is 28.9 Å². The Labute approximate surface area is 158 Å². The van der Waals surface area contributed by atoms with Gasteiger partial charge in [0.1, 0.15) is 6.04 Å². The highest BCUT2D eigenvalue weighted by Crippen LogP contribution is 2.12. The van der Waals surface area contributed by atoms with E-state index in [0.717, 1.165) is 12.0 Å². The van der Waals surface area contributed by atoms with Crippen LogP contribution >= 0.6 is 0 Å². The average Bonchev–Trinajstić information content (AvgIpc) is 2.67. The number of aliphatic carboxylic acids is 1. The summed E-state index contributed by atoms with van der Waals surface area (Å²) in [6.07, 6.45) is 2.01. The molecule has 0 heterocycles. The molecule has 2 aromatic rings. The molecule has 0 aromatic heterocycles. The van der Waals surface area contributed by atoms with Gasteiger partial charge in [-0.2, -0.15) is 0 Å². The summed E-state index contributed by atoms with van der Waals surface area (Å²) in [5.74, 6) is -1.68. The van der Waals surface area contributed by atoms with Gasteiger partial charge < -0.3 is 15.7 Å². The Bertz CT molecular complexity index is 798. The molecule has 2 aromatic carbocycles. The Morgan fingerprint density at radius 1 is 0.963 bits per heavy atom. The summed E-state index contributed by atoms with van der Waals surface area (Å²) < 4.78 is 0. The Morgan fingerprint density at radius 2 is 1.56 bits per heavy atom. The normalized spacial score (nSPS) is 11.5. The molecule has 1 unspecified atom stereocenters. The molecule has 2 rings (SSSR count). The van der Waals surface area contributed by atoms with E-state index < -0.39 is 17.9 Å². The van der Waals surface area contributed by atoms with Gasteiger partial charge in [0, 0.05) is 17.7 Å². The van der Waals surface area contributed by atoms with Crippen molar-refractivity contribution >= 4 is 23.5 Å². The zero-order chi connectivity index (χ0) is 19.8. The lowest BCUT2D eigenvalue weighted by Crippen LogP contribution is -2.38. The molecule has 6 nitrogen and oxygen atoms in total. The van der Waals surface area contributed by atoms with Gasteiger partial charge in [-0.1, -0.05) is 31.2 Å². The first-order chi connectivity index (χ1) is 12.9. The standard InChI is InChI=1S/C21H24N2O4/c1-3-15-4-6-16(7-5-15)8-13-19(24)23-18-11-9-17(10-12-18)20(25)22-14(2)21(26)27/h4-7,9-12,14H,3,8,13H2,1-2H3,(H,22,25)(H,23,24)(H,26,27). The Hall–Kier alpha value is -3.15. The Morgan fingerprint density at radius 3 is 2.11 bits per heavy atom. The fourth-order valence-corrected chi connectivity index (χ4v) is 2.47. The van der Waals surface area contributed by atoms with Crippen molar-refractivity contribution in [1.29, 1.82) is 0 Å². The summed E-state index contributed by atoms with van der Waals surface area (Å²) in [6.45, 7) is 3.49. The van der Waals surface area contributed by atoms with Crippen LogP contribution in [0.4, 0.5) is 5.69 Å². The van der Waals surface area contributed by atoms with Gasteiger partial charge in [-0.05, 0) is 55.2 Å². The summed E-state index contributed by atoms with van der Waals surface area (Å²) in [5.41, 5.74) is 3.30. The fraction of sp³-hybridized carbons (Fsp3) is 0.286. The molecule has 0 fully saturated rings. The lowest BCUT2D eigenvalue weighted by atomic mass is 10.1. The van der Waals surface area contributed by atoms with Crippen LogP contribution < -0.4 is 10.6 Å². The van der Waals surface area contributed by atoms with Gasteiger partial charge in [0.2, 0.25) is 5.91 Å². The van der Waals surface area contributed by atoms with Crippen LogP contribution in [0.5, 0.6) is 0 Å².